The summed E-state index contributed by atoms with van der Waals surface area (Å²) in [6, 6.07) is 10.6. The van der Waals surface area contributed by atoms with Crippen LogP contribution in [0.5, 0.6) is 0 Å². The third-order valence-corrected chi connectivity index (χ3v) is 4.19. The van der Waals surface area contributed by atoms with E-state index in [0.717, 1.165) is 29.4 Å². The number of hydrogen-bond acceptors (Lipinski definition) is 4. The highest BCUT2D eigenvalue weighted by atomic mass is 35.5. The number of carbonyl (C=O) groups excluding carboxylic acids is 1. The number of benzene rings is 1. The molecule has 0 radical (unpaired) electrons. The summed E-state index contributed by atoms with van der Waals surface area (Å²) in [4.78, 5) is 36.9. The number of nitrogens with zero attached hydrogens (tertiary/aromatic N) is 2. The van der Waals surface area contributed by atoms with Gasteiger partial charge in [-0.2, -0.15) is 0 Å². The van der Waals surface area contributed by atoms with Crippen LogP contribution in [0.1, 0.15) is 31.7 Å². The van der Waals surface area contributed by atoms with Crippen molar-refractivity contribution < 1.29 is 4.79 Å². The maximum atomic E-state index is 12.6. The topological polar surface area (TPSA) is 99.1 Å². The molecule has 1 amide bonds. The fourth-order valence-corrected chi connectivity index (χ4v) is 2.72. The van der Waals surface area contributed by atoms with Gasteiger partial charge < -0.3 is 11.1 Å². The van der Waals surface area contributed by atoms with E-state index in [0.29, 0.717) is 13.1 Å². The molecule has 8 heteroatoms. The van der Waals surface area contributed by atoms with Crippen LogP contribution in [-0.2, 0) is 17.9 Å². The van der Waals surface area contributed by atoms with E-state index in [1.165, 1.54) is 16.8 Å². The number of amides is 1. The fourth-order valence-electron chi connectivity index (χ4n) is 2.72. The van der Waals surface area contributed by atoms with Gasteiger partial charge in [0.15, 0.2) is 0 Å². The Morgan fingerprint density at radius 1 is 1.19 bits per heavy atom. The Kier molecular flexibility index (Phi) is 9.53. The molecule has 0 aliphatic heterocycles. The van der Waals surface area contributed by atoms with Crippen molar-refractivity contribution in [1.29, 1.82) is 0 Å². The lowest BCUT2D eigenvalue weighted by atomic mass is 10.1. The van der Waals surface area contributed by atoms with Crippen LogP contribution in [0.4, 0.5) is 0 Å². The Hall–Kier alpha value is -2.38. The van der Waals surface area contributed by atoms with E-state index in [4.69, 9.17) is 5.73 Å². The molecule has 1 aromatic carbocycles. The van der Waals surface area contributed by atoms with Crippen LogP contribution in [0.3, 0.4) is 0 Å². The molecule has 2 rings (SSSR count). The summed E-state index contributed by atoms with van der Waals surface area (Å²) in [6.07, 6.45) is 4.20. The van der Waals surface area contributed by atoms with E-state index in [9.17, 15) is 14.4 Å². The van der Waals surface area contributed by atoms with Gasteiger partial charge in [0.05, 0.1) is 6.54 Å². The van der Waals surface area contributed by atoms with E-state index in [-0.39, 0.29) is 30.9 Å². The molecule has 2 aromatic rings. The molecule has 0 spiro atoms. The average molecular weight is 395 g/mol. The molecule has 27 heavy (non-hydrogen) atoms. The second-order valence-electron chi connectivity index (χ2n) is 6.28. The van der Waals surface area contributed by atoms with E-state index >= 15 is 0 Å². The summed E-state index contributed by atoms with van der Waals surface area (Å²) in [7, 11) is 0. The molecule has 0 saturated carbocycles. The number of nitrogens with two attached hydrogens (primary N) is 1. The molecule has 1 unspecified atom stereocenters. The van der Waals surface area contributed by atoms with Crippen molar-refractivity contribution in [2.75, 3.05) is 6.54 Å². The van der Waals surface area contributed by atoms with Gasteiger partial charge in [0, 0.05) is 24.8 Å². The predicted molar refractivity (Wildman–Crippen MR) is 108 cm³/mol. The first-order chi connectivity index (χ1) is 12.5. The minimum absolute atomic E-state index is 0. The van der Waals surface area contributed by atoms with Gasteiger partial charge in [-0.1, -0.05) is 50.1 Å². The Bertz CT molecular complexity index is 833. The smallest absolute Gasteiger partial charge is 0.331 e. The SMILES string of the molecule is CCCCC(CN)NC(=O)Cn1c(=O)ccn(Cc2ccccc2)c1=O.Cl. The minimum Gasteiger partial charge on any atom is -0.351 e. The summed E-state index contributed by atoms with van der Waals surface area (Å²) >= 11 is 0. The Morgan fingerprint density at radius 3 is 2.52 bits per heavy atom. The van der Waals surface area contributed by atoms with Crippen molar-refractivity contribution >= 4 is 18.3 Å². The Labute approximate surface area is 164 Å². The number of aromatic nitrogens is 2. The van der Waals surface area contributed by atoms with Crippen molar-refractivity contribution in [1.82, 2.24) is 14.5 Å². The standard InChI is InChI=1S/C19H26N4O3.ClH/c1-2-3-9-16(12-20)21-17(24)14-23-18(25)10-11-22(19(23)26)13-15-7-5-4-6-8-15;/h4-8,10-11,16H,2-3,9,12-14,20H2,1H3,(H,21,24);1H. The van der Waals surface area contributed by atoms with E-state index < -0.39 is 11.2 Å². The lowest BCUT2D eigenvalue weighted by Crippen LogP contribution is -2.46. The highest BCUT2D eigenvalue weighted by molar-refractivity contribution is 5.85. The zero-order valence-electron chi connectivity index (χ0n) is 15.5. The molecule has 3 N–H and O–H groups in total. The summed E-state index contributed by atoms with van der Waals surface area (Å²) in [5.41, 5.74) is 5.61. The number of rotatable bonds is 9. The van der Waals surface area contributed by atoms with Crippen molar-refractivity contribution in [2.45, 2.75) is 45.3 Å². The second-order valence-corrected chi connectivity index (χ2v) is 6.28. The van der Waals surface area contributed by atoms with Crippen molar-refractivity contribution in [3.05, 3.63) is 69.0 Å². The quantitative estimate of drug-likeness (QED) is 0.665. The molecule has 1 atom stereocenters. The van der Waals surface area contributed by atoms with Gasteiger partial charge in [0.1, 0.15) is 6.54 Å². The first-order valence-corrected chi connectivity index (χ1v) is 8.88. The van der Waals surface area contributed by atoms with E-state index in [2.05, 4.69) is 12.2 Å². The molecule has 148 valence electrons. The largest absolute Gasteiger partial charge is 0.351 e. The van der Waals surface area contributed by atoms with Gasteiger partial charge in [-0.3, -0.25) is 18.7 Å². The van der Waals surface area contributed by atoms with Crippen molar-refractivity contribution in [3.8, 4) is 0 Å². The number of carbonyl (C=O) groups is 1. The van der Waals surface area contributed by atoms with Gasteiger partial charge in [-0.15, -0.1) is 12.4 Å². The molecule has 1 heterocycles. The highest BCUT2D eigenvalue weighted by Crippen LogP contribution is 2.00. The Morgan fingerprint density at radius 2 is 1.89 bits per heavy atom. The van der Waals surface area contributed by atoms with Crippen LogP contribution in [0.15, 0.2) is 52.2 Å². The normalized spacial score (nSPS) is 11.5. The van der Waals surface area contributed by atoms with E-state index in [1.807, 2.05) is 30.3 Å². The number of halogens is 1. The third kappa shape index (κ3) is 6.69. The molecule has 0 aliphatic carbocycles. The first-order valence-electron chi connectivity index (χ1n) is 8.88. The highest BCUT2D eigenvalue weighted by Gasteiger charge is 2.14. The predicted octanol–water partition coefficient (Wildman–Crippen LogP) is 1.11. The molecular weight excluding hydrogens is 368 g/mol. The lowest BCUT2D eigenvalue weighted by Gasteiger charge is -2.17. The zero-order chi connectivity index (χ0) is 18.9. The van der Waals surface area contributed by atoms with Gasteiger partial charge >= 0.3 is 5.69 Å². The molecule has 7 nitrogen and oxygen atoms in total. The molecule has 0 saturated heterocycles. The van der Waals surface area contributed by atoms with Crippen LogP contribution in [0.2, 0.25) is 0 Å². The monoisotopic (exact) mass is 394 g/mol. The number of hydrogen-bond donors (Lipinski definition) is 2. The Balaban J connectivity index is 0.00000364. The van der Waals surface area contributed by atoms with Crippen LogP contribution in [0.25, 0.3) is 0 Å². The molecular formula is C19H27ClN4O3. The maximum Gasteiger partial charge on any atom is 0.331 e. The molecule has 0 fully saturated rings. The summed E-state index contributed by atoms with van der Waals surface area (Å²) < 4.78 is 2.37. The second kappa shape index (κ2) is 11.4. The van der Waals surface area contributed by atoms with Gasteiger partial charge in [0.25, 0.3) is 5.56 Å². The number of nitrogens with one attached hydrogen (secondary N) is 1. The van der Waals surface area contributed by atoms with Crippen molar-refractivity contribution in [3.63, 3.8) is 0 Å². The van der Waals surface area contributed by atoms with Gasteiger partial charge in [0.2, 0.25) is 5.91 Å². The first kappa shape index (κ1) is 22.7. The maximum absolute atomic E-state index is 12.6. The van der Waals surface area contributed by atoms with Crippen LogP contribution in [0, 0.1) is 0 Å². The molecule has 0 bridgehead atoms. The van der Waals surface area contributed by atoms with Crippen LogP contribution in [-0.4, -0.2) is 27.6 Å². The van der Waals surface area contributed by atoms with Gasteiger partial charge in [-0.05, 0) is 12.0 Å². The molecule has 1 aromatic heterocycles. The fraction of sp³-hybridized carbons (Fsp3) is 0.421. The third-order valence-electron chi connectivity index (χ3n) is 4.19. The minimum atomic E-state index is -0.505. The average Bonchev–Trinajstić information content (AvgIpc) is 2.65. The van der Waals surface area contributed by atoms with Crippen LogP contribution < -0.4 is 22.3 Å². The number of unbranched alkanes of at least 4 members (excludes halogenated alkanes) is 1. The van der Waals surface area contributed by atoms with Crippen LogP contribution >= 0.6 is 12.4 Å². The zero-order valence-corrected chi connectivity index (χ0v) is 16.3. The summed E-state index contributed by atoms with van der Waals surface area (Å²) in [5, 5.41) is 2.80. The summed E-state index contributed by atoms with van der Waals surface area (Å²) in [5.74, 6) is -0.381. The van der Waals surface area contributed by atoms with Gasteiger partial charge in [-0.25, -0.2) is 4.79 Å². The molecule has 0 aliphatic rings. The summed E-state index contributed by atoms with van der Waals surface area (Å²) in [6.45, 7) is 2.42. The lowest BCUT2D eigenvalue weighted by molar-refractivity contribution is -0.122. The van der Waals surface area contributed by atoms with E-state index in [1.54, 1.807) is 0 Å². The van der Waals surface area contributed by atoms with Crippen molar-refractivity contribution in [2.24, 2.45) is 5.73 Å².